The molecule has 5 heteroatoms. The van der Waals surface area contributed by atoms with Gasteiger partial charge in [-0.2, -0.15) is 0 Å². The molecule has 1 aromatic rings. The smallest absolute Gasteiger partial charge is 0.269 e. The first-order valence-electron chi connectivity index (χ1n) is 4.26. The number of rotatable bonds is 4. The van der Waals surface area contributed by atoms with Crippen LogP contribution in [0.2, 0.25) is 0 Å². The van der Waals surface area contributed by atoms with Gasteiger partial charge in [0.05, 0.1) is 11.0 Å². The number of anilines is 1. The highest BCUT2D eigenvalue weighted by molar-refractivity contribution is 5.48. The second-order valence-electron chi connectivity index (χ2n) is 3.03. The Morgan fingerprint density at radius 2 is 2.07 bits per heavy atom. The summed E-state index contributed by atoms with van der Waals surface area (Å²) < 4.78 is 0. The van der Waals surface area contributed by atoms with E-state index in [0.717, 1.165) is 5.69 Å². The van der Waals surface area contributed by atoms with Crippen LogP contribution < -0.4 is 5.32 Å². The fourth-order valence-corrected chi connectivity index (χ4v) is 0.967. The van der Waals surface area contributed by atoms with Crippen molar-refractivity contribution in [1.29, 1.82) is 0 Å². The van der Waals surface area contributed by atoms with Crippen molar-refractivity contribution in [3.05, 3.63) is 34.4 Å². The second kappa shape index (κ2) is 4.57. The van der Waals surface area contributed by atoms with Crippen molar-refractivity contribution in [3.63, 3.8) is 0 Å². The number of nitrogens with zero attached hydrogens (tertiary/aromatic N) is 1. The normalized spacial score (nSPS) is 12.1. The fraction of sp³-hybridized carbons (Fsp3) is 0.333. The summed E-state index contributed by atoms with van der Waals surface area (Å²) in [6.45, 7) is 2.09. The van der Waals surface area contributed by atoms with Crippen molar-refractivity contribution < 1.29 is 10.0 Å². The van der Waals surface area contributed by atoms with Gasteiger partial charge in [0.25, 0.3) is 5.69 Å². The number of hydrogen-bond donors (Lipinski definition) is 2. The van der Waals surface area contributed by atoms with Crippen LogP contribution in [0, 0.1) is 10.1 Å². The van der Waals surface area contributed by atoms with Gasteiger partial charge in [0.2, 0.25) is 0 Å². The average molecular weight is 196 g/mol. The average Bonchev–Trinajstić information content (AvgIpc) is 2.15. The summed E-state index contributed by atoms with van der Waals surface area (Å²) in [6.07, 6.45) is -0.440. The third-order valence-electron chi connectivity index (χ3n) is 1.68. The molecular formula is C9H12N2O3. The summed E-state index contributed by atoms with van der Waals surface area (Å²) in [5.41, 5.74) is 0.823. The quantitative estimate of drug-likeness (QED) is 0.563. The molecule has 2 N–H and O–H groups in total. The van der Waals surface area contributed by atoms with E-state index in [9.17, 15) is 10.1 Å². The number of aliphatic hydroxyl groups is 1. The van der Waals surface area contributed by atoms with E-state index in [2.05, 4.69) is 5.32 Å². The molecule has 0 radical (unpaired) electrons. The SMILES string of the molecule is C[C@H](O)CNc1ccc([N+](=O)[O-])cc1. The van der Waals surface area contributed by atoms with E-state index < -0.39 is 11.0 Å². The molecule has 0 saturated heterocycles. The molecule has 1 atom stereocenters. The number of aliphatic hydroxyl groups excluding tert-OH is 1. The molecule has 0 aliphatic rings. The Balaban J connectivity index is 2.60. The molecule has 1 rings (SSSR count). The van der Waals surface area contributed by atoms with Crippen LogP contribution in [0.1, 0.15) is 6.92 Å². The summed E-state index contributed by atoms with van der Waals surface area (Å²) in [5, 5.41) is 22.2. The van der Waals surface area contributed by atoms with Gasteiger partial charge in [-0.3, -0.25) is 10.1 Å². The molecule has 0 heterocycles. The Hall–Kier alpha value is -1.62. The lowest BCUT2D eigenvalue weighted by Crippen LogP contribution is -2.15. The van der Waals surface area contributed by atoms with E-state index >= 15 is 0 Å². The van der Waals surface area contributed by atoms with Crippen LogP contribution in [0.25, 0.3) is 0 Å². The van der Waals surface area contributed by atoms with Crippen LogP contribution in [0.4, 0.5) is 11.4 Å². The molecule has 0 aromatic heterocycles. The Morgan fingerprint density at radius 3 is 2.50 bits per heavy atom. The zero-order chi connectivity index (χ0) is 10.6. The lowest BCUT2D eigenvalue weighted by molar-refractivity contribution is -0.384. The van der Waals surface area contributed by atoms with E-state index in [1.807, 2.05) is 0 Å². The van der Waals surface area contributed by atoms with Gasteiger partial charge in [-0.25, -0.2) is 0 Å². The first-order chi connectivity index (χ1) is 6.59. The Bertz CT molecular complexity index is 308. The van der Waals surface area contributed by atoms with Gasteiger partial charge in [0.15, 0.2) is 0 Å². The number of hydrogen-bond acceptors (Lipinski definition) is 4. The molecule has 0 unspecified atom stereocenters. The van der Waals surface area contributed by atoms with Crippen molar-refractivity contribution in [2.75, 3.05) is 11.9 Å². The van der Waals surface area contributed by atoms with Crippen LogP contribution in [0.15, 0.2) is 24.3 Å². The highest BCUT2D eigenvalue weighted by Gasteiger charge is 2.03. The van der Waals surface area contributed by atoms with Gasteiger partial charge in [-0.1, -0.05) is 0 Å². The first kappa shape index (κ1) is 10.5. The molecular weight excluding hydrogens is 184 g/mol. The van der Waals surface area contributed by atoms with Gasteiger partial charge in [-0.05, 0) is 19.1 Å². The van der Waals surface area contributed by atoms with Gasteiger partial charge < -0.3 is 10.4 Å². The maximum absolute atomic E-state index is 10.3. The molecule has 0 bridgehead atoms. The van der Waals surface area contributed by atoms with E-state index in [1.165, 1.54) is 12.1 Å². The predicted molar refractivity (Wildman–Crippen MR) is 53.3 cm³/mol. The van der Waals surface area contributed by atoms with Crippen molar-refractivity contribution >= 4 is 11.4 Å². The van der Waals surface area contributed by atoms with Crippen molar-refractivity contribution in [2.24, 2.45) is 0 Å². The van der Waals surface area contributed by atoms with Crippen molar-refractivity contribution in [1.82, 2.24) is 0 Å². The van der Waals surface area contributed by atoms with E-state index in [1.54, 1.807) is 19.1 Å². The zero-order valence-corrected chi connectivity index (χ0v) is 7.80. The Morgan fingerprint density at radius 1 is 1.50 bits per heavy atom. The number of nitro benzene ring substituents is 1. The third-order valence-corrected chi connectivity index (χ3v) is 1.68. The van der Waals surface area contributed by atoms with E-state index in [0.29, 0.717) is 6.54 Å². The molecule has 0 aliphatic heterocycles. The zero-order valence-electron chi connectivity index (χ0n) is 7.80. The summed E-state index contributed by atoms with van der Waals surface area (Å²) in [4.78, 5) is 9.88. The molecule has 0 fully saturated rings. The Labute approximate surface area is 81.5 Å². The summed E-state index contributed by atoms with van der Waals surface area (Å²) in [7, 11) is 0. The van der Waals surface area contributed by atoms with Crippen LogP contribution in [0.3, 0.4) is 0 Å². The third kappa shape index (κ3) is 3.02. The molecule has 0 amide bonds. The molecule has 5 nitrogen and oxygen atoms in total. The summed E-state index contributed by atoms with van der Waals surface area (Å²) in [5.74, 6) is 0. The molecule has 0 saturated carbocycles. The summed E-state index contributed by atoms with van der Waals surface area (Å²) >= 11 is 0. The standard InChI is InChI=1S/C9H12N2O3/c1-7(12)6-10-8-2-4-9(5-3-8)11(13)14/h2-5,7,10,12H,6H2,1H3/t7-/m0/s1. The van der Waals surface area contributed by atoms with Crippen LogP contribution >= 0.6 is 0 Å². The topological polar surface area (TPSA) is 75.4 Å². The lowest BCUT2D eigenvalue weighted by Gasteiger charge is -2.07. The molecule has 14 heavy (non-hydrogen) atoms. The minimum Gasteiger partial charge on any atom is -0.392 e. The highest BCUT2D eigenvalue weighted by Crippen LogP contribution is 2.14. The highest BCUT2D eigenvalue weighted by atomic mass is 16.6. The van der Waals surface area contributed by atoms with E-state index in [4.69, 9.17) is 5.11 Å². The number of nitrogens with one attached hydrogen (secondary N) is 1. The number of non-ortho nitro benzene ring substituents is 1. The molecule has 76 valence electrons. The molecule has 0 aliphatic carbocycles. The summed E-state index contributed by atoms with van der Waals surface area (Å²) in [6, 6.07) is 6.07. The van der Waals surface area contributed by atoms with Gasteiger partial charge in [0, 0.05) is 24.4 Å². The second-order valence-corrected chi connectivity index (χ2v) is 3.03. The predicted octanol–water partition coefficient (Wildman–Crippen LogP) is 1.39. The molecule has 0 spiro atoms. The van der Waals surface area contributed by atoms with Crippen LogP contribution in [-0.4, -0.2) is 22.7 Å². The van der Waals surface area contributed by atoms with E-state index in [-0.39, 0.29) is 5.69 Å². The first-order valence-corrected chi connectivity index (χ1v) is 4.26. The van der Waals surface area contributed by atoms with Crippen LogP contribution in [-0.2, 0) is 0 Å². The number of nitro groups is 1. The van der Waals surface area contributed by atoms with Crippen molar-refractivity contribution in [3.8, 4) is 0 Å². The van der Waals surface area contributed by atoms with Gasteiger partial charge >= 0.3 is 0 Å². The van der Waals surface area contributed by atoms with Gasteiger partial charge in [-0.15, -0.1) is 0 Å². The van der Waals surface area contributed by atoms with Crippen molar-refractivity contribution in [2.45, 2.75) is 13.0 Å². The fourth-order valence-electron chi connectivity index (χ4n) is 0.967. The lowest BCUT2D eigenvalue weighted by atomic mass is 10.3. The Kier molecular flexibility index (Phi) is 3.41. The van der Waals surface area contributed by atoms with Crippen LogP contribution in [0.5, 0.6) is 0 Å². The largest absolute Gasteiger partial charge is 0.392 e. The maximum Gasteiger partial charge on any atom is 0.269 e. The minimum absolute atomic E-state index is 0.0626. The minimum atomic E-state index is -0.446. The maximum atomic E-state index is 10.3. The molecule has 1 aromatic carbocycles. The van der Waals surface area contributed by atoms with Gasteiger partial charge in [0.1, 0.15) is 0 Å². The monoisotopic (exact) mass is 196 g/mol. The number of benzene rings is 1.